The first-order valence-corrected chi connectivity index (χ1v) is 6.99. The Kier molecular flexibility index (Phi) is 4.09. The fourth-order valence-corrected chi connectivity index (χ4v) is 2.12. The number of nitrogens with zero attached hydrogens (tertiary/aromatic N) is 4. The smallest absolute Gasteiger partial charge is 0.235 e. The third-order valence-electron chi connectivity index (χ3n) is 3.27. The summed E-state index contributed by atoms with van der Waals surface area (Å²) in [4.78, 5) is 24.4. The first kappa shape index (κ1) is 14.8. The highest BCUT2D eigenvalue weighted by Gasteiger charge is 2.09. The highest BCUT2D eigenvalue weighted by Crippen LogP contribution is 2.11. The zero-order valence-electron chi connectivity index (χ0n) is 12.4. The summed E-state index contributed by atoms with van der Waals surface area (Å²) in [5.74, 6) is 0.503. The van der Waals surface area contributed by atoms with Crippen LogP contribution in [0.3, 0.4) is 0 Å². The Balaban J connectivity index is 1.68. The molecule has 0 saturated heterocycles. The van der Waals surface area contributed by atoms with E-state index in [9.17, 15) is 9.18 Å². The summed E-state index contributed by atoms with van der Waals surface area (Å²) >= 11 is 0. The molecule has 1 N–H and O–H groups in total. The maximum atomic E-state index is 13.5. The van der Waals surface area contributed by atoms with Crippen LogP contribution in [0.15, 0.2) is 49.1 Å². The quantitative estimate of drug-likeness (QED) is 0.802. The molecule has 0 aliphatic rings. The Morgan fingerprint density at radius 2 is 1.96 bits per heavy atom. The van der Waals surface area contributed by atoms with Crippen LogP contribution >= 0.6 is 0 Å². The third kappa shape index (κ3) is 3.39. The van der Waals surface area contributed by atoms with E-state index in [2.05, 4.69) is 20.3 Å². The van der Waals surface area contributed by atoms with Crippen molar-refractivity contribution >= 4 is 11.6 Å². The van der Waals surface area contributed by atoms with Crippen LogP contribution in [0.2, 0.25) is 0 Å². The fraction of sp³-hybridized carbons (Fsp3) is 0.125. The van der Waals surface area contributed by atoms with Crippen molar-refractivity contribution in [2.45, 2.75) is 13.3 Å². The molecular formula is C16H14FN5O. The lowest BCUT2D eigenvalue weighted by molar-refractivity contribution is -0.115. The molecule has 0 aliphatic carbocycles. The summed E-state index contributed by atoms with van der Waals surface area (Å²) in [7, 11) is 0. The molecule has 0 saturated carbocycles. The molecule has 0 aliphatic heterocycles. The normalized spacial score (nSPS) is 10.5. The summed E-state index contributed by atoms with van der Waals surface area (Å²) in [5.41, 5.74) is 0.796. The van der Waals surface area contributed by atoms with Crippen LogP contribution < -0.4 is 5.32 Å². The number of aryl methyl sites for hydroxylation is 1. The van der Waals surface area contributed by atoms with Crippen LogP contribution in [-0.4, -0.2) is 25.4 Å². The maximum Gasteiger partial charge on any atom is 0.235 e. The van der Waals surface area contributed by atoms with Crippen molar-refractivity contribution in [1.29, 1.82) is 0 Å². The van der Waals surface area contributed by atoms with Gasteiger partial charge in [-0.1, -0.05) is 18.2 Å². The number of imidazole rings is 1. The van der Waals surface area contributed by atoms with E-state index in [-0.39, 0.29) is 12.3 Å². The van der Waals surface area contributed by atoms with Gasteiger partial charge in [0.05, 0.1) is 24.5 Å². The van der Waals surface area contributed by atoms with Gasteiger partial charge in [-0.2, -0.15) is 0 Å². The number of carbonyl (C=O) groups is 1. The van der Waals surface area contributed by atoms with Gasteiger partial charge in [0.15, 0.2) is 0 Å². The molecule has 7 heteroatoms. The Morgan fingerprint density at radius 3 is 2.61 bits per heavy atom. The molecule has 116 valence electrons. The summed E-state index contributed by atoms with van der Waals surface area (Å²) in [6, 6.07) is 6.18. The Bertz CT molecular complexity index is 828. The number of nitrogens with one attached hydrogen (secondary N) is 1. The molecule has 23 heavy (non-hydrogen) atoms. The highest BCUT2D eigenvalue weighted by atomic mass is 19.1. The van der Waals surface area contributed by atoms with Gasteiger partial charge in [0.2, 0.25) is 11.9 Å². The molecule has 1 amide bonds. The standard InChI is InChI=1S/C16H14FN5O/c1-11-18-6-7-22(11)16-19-9-13(10-20-16)21-15(23)8-12-4-2-3-5-14(12)17/h2-7,9-10H,8H2,1H3,(H,21,23). The average molecular weight is 311 g/mol. The van der Waals surface area contributed by atoms with Crippen molar-refractivity contribution in [1.82, 2.24) is 19.5 Å². The molecule has 1 aromatic carbocycles. The van der Waals surface area contributed by atoms with Gasteiger partial charge in [0.1, 0.15) is 11.6 Å². The van der Waals surface area contributed by atoms with Gasteiger partial charge in [-0.3, -0.25) is 9.36 Å². The molecule has 3 aromatic rings. The molecule has 0 radical (unpaired) electrons. The topological polar surface area (TPSA) is 72.7 Å². The van der Waals surface area contributed by atoms with Gasteiger partial charge in [-0.25, -0.2) is 19.3 Å². The molecule has 2 heterocycles. The molecule has 3 rings (SSSR count). The number of amides is 1. The minimum Gasteiger partial charge on any atom is -0.323 e. The van der Waals surface area contributed by atoms with Gasteiger partial charge in [-0.05, 0) is 18.6 Å². The molecule has 0 atom stereocenters. The van der Waals surface area contributed by atoms with E-state index in [1.54, 1.807) is 35.2 Å². The van der Waals surface area contributed by atoms with Crippen LogP contribution in [0.5, 0.6) is 0 Å². The Morgan fingerprint density at radius 1 is 1.22 bits per heavy atom. The van der Waals surface area contributed by atoms with Crippen LogP contribution in [0.4, 0.5) is 10.1 Å². The van der Waals surface area contributed by atoms with Crippen molar-refractivity contribution < 1.29 is 9.18 Å². The highest BCUT2D eigenvalue weighted by molar-refractivity contribution is 5.91. The van der Waals surface area contributed by atoms with Crippen LogP contribution in [0, 0.1) is 12.7 Å². The predicted molar refractivity (Wildman–Crippen MR) is 82.6 cm³/mol. The Labute approximate surface area is 132 Å². The molecule has 2 aromatic heterocycles. The monoisotopic (exact) mass is 311 g/mol. The number of rotatable bonds is 4. The second-order valence-electron chi connectivity index (χ2n) is 4.93. The number of anilines is 1. The van der Waals surface area contributed by atoms with Gasteiger partial charge in [0.25, 0.3) is 0 Å². The van der Waals surface area contributed by atoms with Crippen molar-refractivity contribution in [3.05, 3.63) is 66.3 Å². The number of halogens is 1. The first-order valence-electron chi connectivity index (χ1n) is 6.99. The lowest BCUT2D eigenvalue weighted by Gasteiger charge is -2.07. The van der Waals surface area contributed by atoms with E-state index in [1.165, 1.54) is 18.5 Å². The Hall–Kier alpha value is -3.09. The van der Waals surface area contributed by atoms with E-state index in [0.717, 1.165) is 5.82 Å². The van der Waals surface area contributed by atoms with Crippen molar-refractivity contribution in [3.8, 4) is 5.95 Å². The minimum absolute atomic E-state index is 0.0466. The number of benzene rings is 1. The lowest BCUT2D eigenvalue weighted by Crippen LogP contribution is -2.16. The summed E-state index contributed by atoms with van der Waals surface area (Å²) < 4.78 is 15.3. The summed E-state index contributed by atoms with van der Waals surface area (Å²) in [5, 5.41) is 2.65. The lowest BCUT2D eigenvalue weighted by atomic mass is 10.1. The van der Waals surface area contributed by atoms with Crippen LogP contribution in [-0.2, 0) is 11.2 Å². The zero-order chi connectivity index (χ0) is 16.2. The van der Waals surface area contributed by atoms with Crippen LogP contribution in [0.25, 0.3) is 5.95 Å². The van der Waals surface area contributed by atoms with Crippen molar-refractivity contribution in [2.24, 2.45) is 0 Å². The number of carbonyl (C=O) groups excluding carboxylic acids is 1. The van der Waals surface area contributed by atoms with E-state index >= 15 is 0 Å². The molecule has 6 nitrogen and oxygen atoms in total. The average Bonchev–Trinajstić information content (AvgIpc) is 2.96. The predicted octanol–water partition coefficient (Wildman–Crippen LogP) is 2.29. The van der Waals surface area contributed by atoms with Gasteiger partial charge >= 0.3 is 0 Å². The largest absolute Gasteiger partial charge is 0.323 e. The second kappa shape index (κ2) is 6.35. The third-order valence-corrected chi connectivity index (χ3v) is 3.27. The number of hydrogen-bond acceptors (Lipinski definition) is 4. The van der Waals surface area contributed by atoms with E-state index < -0.39 is 5.82 Å². The summed E-state index contributed by atoms with van der Waals surface area (Å²) in [6.07, 6.45) is 6.36. The second-order valence-corrected chi connectivity index (χ2v) is 4.93. The number of aromatic nitrogens is 4. The van der Waals surface area contributed by atoms with E-state index in [0.29, 0.717) is 17.2 Å². The minimum atomic E-state index is -0.398. The van der Waals surface area contributed by atoms with Gasteiger partial charge in [-0.15, -0.1) is 0 Å². The maximum absolute atomic E-state index is 13.5. The SMILES string of the molecule is Cc1nccn1-c1ncc(NC(=O)Cc2ccccc2F)cn1. The number of hydrogen-bond donors (Lipinski definition) is 1. The molecule has 0 fully saturated rings. The van der Waals surface area contributed by atoms with E-state index in [1.807, 2.05) is 6.92 Å². The first-order chi connectivity index (χ1) is 11.1. The molecule has 0 bridgehead atoms. The van der Waals surface area contributed by atoms with Crippen molar-refractivity contribution in [3.63, 3.8) is 0 Å². The zero-order valence-corrected chi connectivity index (χ0v) is 12.4. The molecular weight excluding hydrogens is 297 g/mol. The van der Waals surface area contributed by atoms with E-state index in [4.69, 9.17) is 0 Å². The molecule has 0 unspecified atom stereocenters. The van der Waals surface area contributed by atoms with Gasteiger partial charge < -0.3 is 5.32 Å². The van der Waals surface area contributed by atoms with Crippen LogP contribution in [0.1, 0.15) is 11.4 Å². The fourth-order valence-electron chi connectivity index (χ4n) is 2.12. The summed E-state index contributed by atoms with van der Waals surface area (Å²) in [6.45, 7) is 1.84. The molecule has 0 spiro atoms. The van der Waals surface area contributed by atoms with Crippen molar-refractivity contribution in [2.75, 3.05) is 5.32 Å². The van der Waals surface area contributed by atoms with Gasteiger partial charge in [0, 0.05) is 12.4 Å².